The molecule has 0 aliphatic carbocycles. The van der Waals surface area contributed by atoms with Crippen LogP contribution in [0.2, 0.25) is 0 Å². The largest absolute Gasteiger partial charge is 1.00 e. The first-order valence-electron chi connectivity index (χ1n) is 15.2. The number of rotatable bonds is 2. The molecule has 0 fully saturated rings. The van der Waals surface area contributed by atoms with Crippen molar-refractivity contribution in [3.05, 3.63) is 170 Å². The molecule has 212 valence electrons. The minimum absolute atomic E-state index is 0. The molecule has 0 aliphatic heterocycles. The fourth-order valence-electron chi connectivity index (χ4n) is 6.52. The molecule has 2 nitrogen and oxygen atoms in total. The molecular formula is C43H28LiNO. The molecule has 1 heterocycles. The van der Waals surface area contributed by atoms with Gasteiger partial charge in [0, 0.05) is 6.20 Å². The van der Waals surface area contributed by atoms with Gasteiger partial charge in [0.15, 0.2) is 0 Å². The van der Waals surface area contributed by atoms with Gasteiger partial charge in [-0.1, -0.05) is 151 Å². The van der Waals surface area contributed by atoms with E-state index in [1.165, 1.54) is 71.4 Å². The number of fused-ring (bicyclic) bond motifs is 5. The normalized spacial score (nSPS) is 11.0. The molecule has 9 aromatic rings. The molecule has 0 unspecified atom stereocenters. The second-order valence-corrected chi connectivity index (χ2v) is 11.3. The van der Waals surface area contributed by atoms with Crippen LogP contribution in [0, 0.1) is 0 Å². The third kappa shape index (κ3) is 5.29. The fourth-order valence-corrected chi connectivity index (χ4v) is 6.52. The summed E-state index contributed by atoms with van der Waals surface area (Å²) in [6.45, 7) is 0. The van der Waals surface area contributed by atoms with Crippen molar-refractivity contribution in [1.29, 1.82) is 0 Å². The molecule has 0 aliphatic rings. The van der Waals surface area contributed by atoms with Gasteiger partial charge in [0.05, 0.1) is 5.52 Å². The maximum Gasteiger partial charge on any atom is 1.00 e. The van der Waals surface area contributed by atoms with Gasteiger partial charge in [0.1, 0.15) is 0 Å². The first kappa shape index (κ1) is 29.3. The van der Waals surface area contributed by atoms with Crippen LogP contribution in [0.5, 0.6) is 5.75 Å². The summed E-state index contributed by atoms with van der Waals surface area (Å²) in [6, 6.07) is 57.5. The maximum absolute atomic E-state index is 11.1. The number of para-hydroxylation sites is 1. The van der Waals surface area contributed by atoms with E-state index in [1.807, 2.05) is 18.2 Å². The average Bonchev–Trinajstić information content (AvgIpc) is 3.10. The zero-order valence-corrected chi connectivity index (χ0v) is 25.5. The van der Waals surface area contributed by atoms with Gasteiger partial charge in [-0.15, -0.1) is 0 Å². The second kappa shape index (κ2) is 12.5. The Morgan fingerprint density at radius 1 is 0.370 bits per heavy atom. The number of nitrogens with zero attached hydrogens (tertiary/aromatic N) is 1. The van der Waals surface area contributed by atoms with Crippen LogP contribution in [0.25, 0.3) is 76.2 Å². The van der Waals surface area contributed by atoms with Crippen LogP contribution >= 0.6 is 0 Å². The second-order valence-electron chi connectivity index (χ2n) is 11.3. The number of hydrogen-bond acceptors (Lipinski definition) is 2. The molecule has 0 atom stereocenters. The third-order valence-corrected chi connectivity index (χ3v) is 8.60. The summed E-state index contributed by atoms with van der Waals surface area (Å²) in [6.07, 6.45) is 1.63. The summed E-state index contributed by atoms with van der Waals surface area (Å²) < 4.78 is 0. The fraction of sp³-hybridized carbons (Fsp3) is 0. The van der Waals surface area contributed by atoms with Crippen LogP contribution < -0.4 is 24.0 Å². The Morgan fingerprint density at radius 2 is 0.783 bits per heavy atom. The van der Waals surface area contributed by atoms with Gasteiger partial charge < -0.3 is 5.11 Å². The first-order valence-corrected chi connectivity index (χ1v) is 15.2. The number of pyridine rings is 1. The summed E-state index contributed by atoms with van der Waals surface area (Å²) in [5.74, 6) is -0.0110. The summed E-state index contributed by atoms with van der Waals surface area (Å²) in [5, 5.41) is 22.3. The van der Waals surface area contributed by atoms with Crippen molar-refractivity contribution in [2.45, 2.75) is 0 Å². The molecular weight excluding hydrogens is 553 g/mol. The van der Waals surface area contributed by atoms with Crippen molar-refractivity contribution in [2.24, 2.45) is 0 Å². The Hall–Kier alpha value is -5.39. The van der Waals surface area contributed by atoms with Crippen molar-refractivity contribution in [1.82, 2.24) is 4.98 Å². The van der Waals surface area contributed by atoms with Gasteiger partial charge in [0.2, 0.25) is 0 Å². The molecule has 3 heteroatoms. The number of aromatic nitrogens is 1. The van der Waals surface area contributed by atoms with E-state index in [1.54, 1.807) is 12.3 Å². The van der Waals surface area contributed by atoms with Crippen LogP contribution in [-0.4, -0.2) is 4.98 Å². The molecule has 0 spiro atoms. The Labute approximate surface area is 279 Å². The number of hydrogen-bond donors (Lipinski definition) is 0. The molecule has 46 heavy (non-hydrogen) atoms. The monoisotopic (exact) mass is 581 g/mol. The van der Waals surface area contributed by atoms with Crippen molar-refractivity contribution in [3.8, 4) is 28.0 Å². The first-order chi connectivity index (χ1) is 22.2. The van der Waals surface area contributed by atoms with Gasteiger partial charge in [-0.3, -0.25) is 4.98 Å². The van der Waals surface area contributed by atoms with E-state index in [2.05, 4.69) is 138 Å². The molecule has 8 aromatic carbocycles. The molecule has 9 rings (SSSR count). The molecule has 0 amide bonds. The van der Waals surface area contributed by atoms with Gasteiger partial charge in [0.25, 0.3) is 0 Å². The Kier molecular flexibility index (Phi) is 8.00. The molecule has 0 saturated heterocycles. The third-order valence-electron chi connectivity index (χ3n) is 8.60. The SMILES string of the molecule is [Li+].[O-]c1cccc2cccnc12.c1ccc2cc(-c3c4ccccc4c(-c4ccc5ccccc5c4)c4ccccc34)ccc2c1. The van der Waals surface area contributed by atoms with E-state index < -0.39 is 0 Å². The summed E-state index contributed by atoms with van der Waals surface area (Å²) in [5.41, 5.74) is 5.69. The Bertz CT molecular complexity index is 2320. The van der Waals surface area contributed by atoms with E-state index >= 15 is 0 Å². The predicted octanol–water partition coefficient (Wildman–Crippen LogP) is 7.95. The zero-order valence-electron chi connectivity index (χ0n) is 25.5. The molecule has 0 bridgehead atoms. The average molecular weight is 582 g/mol. The Morgan fingerprint density at radius 3 is 1.26 bits per heavy atom. The van der Waals surface area contributed by atoms with Crippen molar-refractivity contribution in [3.63, 3.8) is 0 Å². The van der Waals surface area contributed by atoms with E-state index in [9.17, 15) is 5.11 Å². The van der Waals surface area contributed by atoms with Crippen molar-refractivity contribution >= 4 is 54.0 Å². The minimum Gasteiger partial charge on any atom is -0.871 e. The van der Waals surface area contributed by atoms with E-state index in [4.69, 9.17) is 0 Å². The van der Waals surface area contributed by atoms with Crippen LogP contribution in [0.1, 0.15) is 0 Å². The van der Waals surface area contributed by atoms with Crippen LogP contribution in [-0.2, 0) is 0 Å². The standard InChI is InChI=1S/C34H22.C9H7NO.Li/c1-3-11-25-21-27(19-17-23(25)9-1)33-29-13-5-7-15-31(29)34(32-16-8-6-14-30(32)33)28-20-18-24-10-2-4-12-26(24)22-28;11-8-5-1-3-7-4-2-6-10-9(7)8;/h1-22H;1-6,11H;/q;;+1/p-1. The number of benzene rings is 8. The molecule has 1 aromatic heterocycles. The topological polar surface area (TPSA) is 36.0 Å². The quantitative estimate of drug-likeness (QED) is 0.153. The van der Waals surface area contributed by atoms with Gasteiger partial charge in [-0.2, -0.15) is 0 Å². The van der Waals surface area contributed by atoms with Gasteiger partial charge >= 0.3 is 18.9 Å². The zero-order chi connectivity index (χ0) is 30.2. The van der Waals surface area contributed by atoms with E-state index in [0.29, 0.717) is 5.52 Å². The van der Waals surface area contributed by atoms with Crippen molar-refractivity contribution < 1.29 is 24.0 Å². The summed E-state index contributed by atoms with van der Waals surface area (Å²) in [7, 11) is 0. The molecule has 0 radical (unpaired) electrons. The Balaban J connectivity index is 0.000000239. The van der Waals surface area contributed by atoms with Gasteiger partial charge in [-0.25, -0.2) is 0 Å². The predicted molar refractivity (Wildman–Crippen MR) is 189 cm³/mol. The van der Waals surface area contributed by atoms with Crippen LogP contribution in [0.3, 0.4) is 0 Å². The van der Waals surface area contributed by atoms with Crippen molar-refractivity contribution in [2.75, 3.05) is 0 Å². The molecule has 0 N–H and O–H groups in total. The smallest absolute Gasteiger partial charge is 0.871 e. The van der Waals surface area contributed by atoms with Crippen LogP contribution in [0.15, 0.2) is 170 Å². The molecule has 0 saturated carbocycles. The van der Waals surface area contributed by atoms with Crippen LogP contribution in [0.4, 0.5) is 0 Å². The van der Waals surface area contributed by atoms with E-state index in [0.717, 1.165) is 5.39 Å². The summed E-state index contributed by atoms with van der Waals surface area (Å²) >= 11 is 0. The minimum atomic E-state index is -0.0110. The van der Waals surface area contributed by atoms with Gasteiger partial charge in [-0.05, 0) is 88.9 Å². The van der Waals surface area contributed by atoms with E-state index in [-0.39, 0.29) is 24.6 Å². The maximum atomic E-state index is 11.1. The summed E-state index contributed by atoms with van der Waals surface area (Å²) in [4.78, 5) is 3.97.